The Bertz CT molecular complexity index is 433. The minimum Gasteiger partial charge on any atom is -0.550 e. The van der Waals surface area contributed by atoms with E-state index in [4.69, 9.17) is 0 Å². The zero-order valence-electron chi connectivity index (χ0n) is 9.96. The molecule has 5 nitrogen and oxygen atoms in total. The second-order valence-corrected chi connectivity index (χ2v) is 4.55. The van der Waals surface area contributed by atoms with Crippen molar-refractivity contribution in [3.63, 3.8) is 0 Å². The molecule has 1 aliphatic rings. The van der Waals surface area contributed by atoms with Crippen LogP contribution in [0.5, 0.6) is 0 Å². The van der Waals surface area contributed by atoms with Gasteiger partial charge in [0.05, 0.1) is 11.9 Å². The SMILES string of the molecule is O=C([O-])[C@H]1CCCC[C@@H]1C(=O)Nc1cccnc1. The summed E-state index contributed by atoms with van der Waals surface area (Å²) in [4.78, 5) is 27.0. The first-order valence-electron chi connectivity index (χ1n) is 6.10. The Hall–Kier alpha value is -1.91. The maximum absolute atomic E-state index is 12.1. The van der Waals surface area contributed by atoms with Crippen molar-refractivity contribution in [3.8, 4) is 0 Å². The summed E-state index contributed by atoms with van der Waals surface area (Å²) in [6.45, 7) is 0. The second-order valence-electron chi connectivity index (χ2n) is 4.55. The van der Waals surface area contributed by atoms with Crippen molar-refractivity contribution in [2.75, 3.05) is 5.32 Å². The van der Waals surface area contributed by atoms with E-state index in [1.54, 1.807) is 18.3 Å². The van der Waals surface area contributed by atoms with E-state index in [1.165, 1.54) is 6.20 Å². The number of rotatable bonds is 3. The Morgan fingerprint density at radius 3 is 2.61 bits per heavy atom. The minimum absolute atomic E-state index is 0.253. The fourth-order valence-electron chi connectivity index (χ4n) is 2.40. The molecular formula is C13H15N2O3-. The molecular weight excluding hydrogens is 232 g/mol. The summed E-state index contributed by atoms with van der Waals surface area (Å²) in [7, 11) is 0. The van der Waals surface area contributed by atoms with Crippen LogP contribution in [-0.2, 0) is 9.59 Å². The molecule has 0 radical (unpaired) electrons. The quantitative estimate of drug-likeness (QED) is 0.846. The number of nitrogens with one attached hydrogen (secondary N) is 1. The summed E-state index contributed by atoms with van der Waals surface area (Å²) < 4.78 is 0. The first-order chi connectivity index (χ1) is 8.68. The molecule has 0 bridgehead atoms. The fourth-order valence-corrected chi connectivity index (χ4v) is 2.40. The van der Waals surface area contributed by atoms with Gasteiger partial charge in [-0.25, -0.2) is 0 Å². The molecule has 1 N–H and O–H groups in total. The van der Waals surface area contributed by atoms with Crippen LogP contribution >= 0.6 is 0 Å². The van der Waals surface area contributed by atoms with E-state index in [0.717, 1.165) is 12.8 Å². The second kappa shape index (κ2) is 5.62. The molecule has 5 heteroatoms. The minimum atomic E-state index is -1.12. The Kier molecular flexibility index (Phi) is 3.92. The third kappa shape index (κ3) is 2.85. The number of carboxylic acid groups (broad SMARTS) is 1. The molecule has 1 saturated carbocycles. The van der Waals surface area contributed by atoms with Crippen LogP contribution in [0, 0.1) is 11.8 Å². The third-order valence-electron chi connectivity index (χ3n) is 3.33. The largest absolute Gasteiger partial charge is 0.550 e. The predicted molar refractivity (Wildman–Crippen MR) is 63.3 cm³/mol. The van der Waals surface area contributed by atoms with Gasteiger partial charge in [0.1, 0.15) is 0 Å². The molecule has 96 valence electrons. The molecule has 1 aliphatic carbocycles. The lowest BCUT2D eigenvalue weighted by Crippen LogP contribution is -2.42. The number of hydrogen-bond donors (Lipinski definition) is 1. The van der Waals surface area contributed by atoms with Gasteiger partial charge in [-0.1, -0.05) is 12.8 Å². The van der Waals surface area contributed by atoms with Gasteiger partial charge < -0.3 is 15.2 Å². The van der Waals surface area contributed by atoms with E-state index in [-0.39, 0.29) is 5.91 Å². The highest BCUT2D eigenvalue weighted by molar-refractivity contribution is 5.94. The normalized spacial score (nSPS) is 23.3. The van der Waals surface area contributed by atoms with E-state index in [2.05, 4.69) is 10.3 Å². The number of nitrogens with zero attached hydrogens (tertiary/aromatic N) is 1. The predicted octanol–water partition coefficient (Wildman–Crippen LogP) is 0.576. The van der Waals surface area contributed by atoms with Crippen molar-refractivity contribution in [2.24, 2.45) is 11.8 Å². The number of carbonyl (C=O) groups excluding carboxylic acids is 2. The van der Waals surface area contributed by atoms with Gasteiger partial charge in [0.25, 0.3) is 0 Å². The lowest BCUT2D eigenvalue weighted by molar-refractivity contribution is -0.313. The van der Waals surface area contributed by atoms with Crippen LogP contribution in [0.2, 0.25) is 0 Å². The Morgan fingerprint density at radius 1 is 1.28 bits per heavy atom. The molecule has 2 atom stereocenters. The Morgan fingerprint density at radius 2 is 2.00 bits per heavy atom. The molecule has 1 heterocycles. The molecule has 0 aromatic carbocycles. The van der Waals surface area contributed by atoms with E-state index < -0.39 is 17.8 Å². The van der Waals surface area contributed by atoms with Crippen LogP contribution in [0.1, 0.15) is 25.7 Å². The molecule has 0 saturated heterocycles. The topological polar surface area (TPSA) is 82.1 Å². The number of aliphatic carboxylic acids is 1. The van der Waals surface area contributed by atoms with Crippen molar-refractivity contribution in [3.05, 3.63) is 24.5 Å². The number of anilines is 1. The summed E-state index contributed by atoms with van der Waals surface area (Å²) in [6.07, 6.45) is 6.00. The van der Waals surface area contributed by atoms with Crippen molar-refractivity contribution < 1.29 is 14.7 Å². The Balaban J connectivity index is 2.05. The molecule has 1 amide bonds. The van der Waals surface area contributed by atoms with Crippen LogP contribution in [0.15, 0.2) is 24.5 Å². The maximum Gasteiger partial charge on any atom is 0.228 e. The molecule has 0 unspecified atom stereocenters. The first kappa shape index (κ1) is 12.5. The van der Waals surface area contributed by atoms with Gasteiger partial charge in [-0.05, 0) is 25.0 Å². The van der Waals surface area contributed by atoms with Crippen LogP contribution < -0.4 is 10.4 Å². The summed E-state index contributed by atoms with van der Waals surface area (Å²) in [5.74, 6) is -2.54. The number of amides is 1. The smallest absolute Gasteiger partial charge is 0.228 e. The van der Waals surface area contributed by atoms with E-state index in [1.807, 2.05) is 0 Å². The van der Waals surface area contributed by atoms with Crippen LogP contribution in [-0.4, -0.2) is 16.9 Å². The highest BCUT2D eigenvalue weighted by Gasteiger charge is 2.31. The molecule has 1 fully saturated rings. The lowest BCUT2D eigenvalue weighted by Gasteiger charge is -2.31. The maximum atomic E-state index is 12.1. The van der Waals surface area contributed by atoms with Crippen LogP contribution in [0.3, 0.4) is 0 Å². The zero-order chi connectivity index (χ0) is 13.0. The Labute approximate surface area is 105 Å². The molecule has 1 aromatic rings. The standard InChI is InChI=1S/C13H16N2O3/c16-12(15-9-4-3-7-14-8-9)10-5-1-2-6-11(10)13(17)18/h3-4,7-8,10-11H,1-2,5-6H2,(H,15,16)(H,17,18)/p-1/t10-,11-/m0/s1. The number of carboxylic acids is 1. The average Bonchev–Trinajstić information content (AvgIpc) is 2.40. The highest BCUT2D eigenvalue weighted by atomic mass is 16.4. The van der Waals surface area contributed by atoms with Gasteiger partial charge in [-0.3, -0.25) is 9.78 Å². The molecule has 0 aliphatic heterocycles. The first-order valence-corrected chi connectivity index (χ1v) is 6.10. The van der Waals surface area contributed by atoms with Crippen molar-refractivity contribution in [1.29, 1.82) is 0 Å². The molecule has 1 aromatic heterocycles. The summed E-state index contributed by atoms with van der Waals surface area (Å²) in [5.41, 5.74) is 0.588. The number of carbonyl (C=O) groups is 2. The van der Waals surface area contributed by atoms with Crippen LogP contribution in [0.4, 0.5) is 5.69 Å². The van der Waals surface area contributed by atoms with Crippen molar-refractivity contribution in [1.82, 2.24) is 4.98 Å². The van der Waals surface area contributed by atoms with E-state index in [9.17, 15) is 14.7 Å². The average molecular weight is 247 g/mol. The highest BCUT2D eigenvalue weighted by Crippen LogP contribution is 2.30. The molecule has 2 rings (SSSR count). The van der Waals surface area contributed by atoms with Gasteiger partial charge in [-0.2, -0.15) is 0 Å². The van der Waals surface area contributed by atoms with Crippen molar-refractivity contribution in [2.45, 2.75) is 25.7 Å². The fraction of sp³-hybridized carbons (Fsp3) is 0.462. The van der Waals surface area contributed by atoms with Crippen molar-refractivity contribution >= 4 is 17.6 Å². The molecule has 0 spiro atoms. The zero-order valence-corrected chi connectivity index (χ0v) is 9.96. The van der Waals surface area contributed by atoms with Crippen LogP contribution in [0.25, 0.3) is 0 Å². The van der Waals surface area contributed by atoms with Gasteiger partial charge in [0.15, 0.2) is 0 Å². The van der Waals surface area contributed by atoms with Gasteiger partial charge >= 0.3 is 0 Å². The third-order valence-corrected chi connectivity index (χ3v) is 3.33. The summed E-state index contributed by atoms with van der Waals surface area (Å²) >= 11 is 0. The summed E-state index contributed by atoms with van der Waals surface area (Å²) in [6, 6.07) is 3.44. The number of pyridine rings is 1. The lowest BCUT2D eigenvalue weighted by atomic mass is 9.78. The number of aromatic nitrogens is 1. The van der Waals surface area contributed by atoms with E-state index >= 15 is 0 Å². The van der Waals surface area contributed by atoms with Gasteiger partial charge in [0.2, 0.25) is 5.91 Å². The summed E-state index contributed by atoms with van der Waals surface area (Å²) in [5, 5.41) is 13.7. The van der Waals surface area contributed by atoms with E-state index in [0.29, 0.717) is 18.5 Å². The number of hydrogen-bond acceptors (Lipinski definition) is 4. The monoisotopic (exact) mass is 247 g/mol. The molecule has 18 heavy (non-hydrogen) atoms. The van der Waals surface area contributed by atoms with Gasteiger partial charge in [-0.15, -0.1) is 0 Å². The van der Waals surface area contributed by atoms with Gasteiger partial charge in [0, 0.05) is 24.0 Å².